The molecule has 1 fully saturated rings. The maximum Gasteiger partial charge on any atom is 0.174 e. The van der Waals surface area contributed by atoms with E-state index in [4.69, 9.17) is 11.6 Å². The van der Waals surface area contributed by atoms with Gasteiger partial charge in [-0.15, -0.1) is 0 Å². The van der Waals surface area contributed by atoms with Gasteiger partial charge in [0.1, 0.15) is 18.7 Å². The lowest BCUT2D eigenvalue weighted by molar-refractivity contribution is -0.111. The second-order valence-electron chi connectivity index (χ2n) is 6.10. The van der Waals surface area contributed by atoms with Crippen LogP contribution in [-0.2, 0) is 6.42 Å². The highest BCUT2D eigenvalue weighted by molar-refractivity contribution is 6.30. The average Bonchev–Trinajstić information content (AvgIpc) is 3.15. The number of aliphatic hydroxyl groups is 3. The largest absolute Gasteiger partial charge is 0.392 e. The molecule has 3 N–H and O–H groups in total. The number of hydrogen-bond donors (Lipinski definition) is 3. The Balaban J connectivity index is 1.72. The van der Waals surface area contributed by atoms with Crippen molar-refractivity contribution in [2.24, 2.45) is 11.8 Å². The average molecular weight is 338 g/mol. The molecule has 4 unspecified atom stereocenters. The first-order valence-electron chi connectivity index (χ1n) is 7.69. The Morgan fingerprint density at radius 2 is 1.96 bits per heavy atom. The van der Waals surface area contributed by atoms with Crippen LogP contribution in [0.4, 0.5) is 0 Å². The van der Waals surface area contributed by atoms with Crippen LogP contribution in [0.1, 0.15) is 24.4 Å². The second-order valence-corrected chi connectivity index (χ2v) is 6.54. The summed E-state index contributed by atoms with van der Waals surface area (Å²) in [5.74, 6) is -0.194. The molecule has 0 saturated heterocycles. The summed E-state index contributed by atoms with van der Waals surface area (Å²) in [7, 11) is 0. The molecule has 23 heavy (non-hydrogen) atoms. The lowest BCUT2D eigenvalue weighted by Gasteiger charge is -2.29. The zero-order valence-electron chi connectivity index (χ0n) is 12.5. The Bertz CT molecular complexity index is 618. The fourth-order valence-corrected chi connectivity index (χ4v) is 3.67. The van der Waals surface area contributed by atoms with E-state index in [-0.39, 0.29) is 11.8 Å². The molecule has 1 aliphatic carbocycles. The number of benzene rings is 1. The maximum atomic E-state index is 10.7. The summed E-state index contributed by atoms with van der Waals surface area (Å²) >= 11 is 5.89. The first kappa shape index (κ1) is 16.4. The lowest BCUT2D eigenvalue weighted by Crippen LogP contribution is -2.37. The Labute approximate surface area is 139 Å². The molecule has 1 aliphatic rings. The van der Waals surface area contributed by atoms with Crippen molar-refractivity contribution in [1.29, 1.82) is 0 Å². The van der Waals surface area contributed by atoms with Crippen molar-refractivity contribution in [3.05, 3.63) is 47.5 Å². The Hall–Kier alpha value is -1.47. The molecule has 0 amide bonds. The third-order valence-corrected chi connectivity index (χ3v) is 4.94. The van der Waals surface area contributed by atoms with Gasteiger partial charge in [0.25, 0.3) is 0 Å². The number of halogens is 1. The van der Waals surface area contributed by atoms with E-state index < -0.39 is 18.4 Å². The molecule has 4 atom stereocenters. The molecule has 0 bridgehead atoms. The van der Waals surface area contributed by atoms with Crippen molar-refractivity contribution in [1.82, 2.24) is 14.8 Å². The van der Waals surface area contributed by atoms with E-state index in [0.717, 1.165) is 18.4 Å². The SMILES string of the molecule is OC(O)C(C1CCC(Cc2ccc(Cl)cc2)C1O)n1cncn1. The molecule has 1 aromatic carbocycles. The minimum atomic E-state index is -1.59. The van der Waals surface area contributed by atoms with Crippen molar-refractivity contribution in [3.8, 4) is 0 Å². The summed E-state index contributed by atoms with van der Waals surface area (Å²) in [6.07, 6.45) is 2.85. The van der Waals surface area contributed by atoms with Gasteiger partial charge < -0.3 is 15.3 Å². The van der Waals surface area contributed by atoms with Gasteiger partial charge in [-0.2, -0.15) is 5.10 Å². The molecule has 0 aliphatic heterocycles. The van der Waals surface area contributed by atoms with E-state index in [0.29, 0.717) is 11.4 Å². The minimum Gasteiger partial charge on any atom is -0.392 e. The topological polar surface area (TPSA) is 91.4 Å². The molecular weight excluding hydrogens is 318 g/mol. The molecule has 1 aromatic heterocycles. The van der Waals surface area contributed by atoms with Gasteiger partial charge in [0.05, 0.1) is 6.10 Å². The number of aromatic nitrogens is 3. The van der Waals surface area contributed by atoms with Crippen molar-refractivity contribution in [2.75, 3.05) is 0 Å². The van der Waals surface area contributed by atoms with Crippen LogP contribution in [0.3, 0.4) is 0 Å². The van der Waals surface area contributed by atoms with Crippen LogP contribution in [0.5, 0.6) is 0 Å². The first-order chi connectivity index (χ1) is 11.1. The zero-order valence-corrected chi connectivity index (χ0v) is 13.3. The molecule has 1 saturated carbocycles. The van der Waals surface area contributed by atoms with E-state index in [2.05, 4.69) is 10.1 Å². The predicted molar refractivity (Wildman–Crippen MR) is 84.7 cm³/mol. The van der Waals surface area contributed by atoms with Gasteiger partial charge in [-0.05, 0) is 42.9 Å². The number of rotatable bonds is 5. The van der Waals surface area contributed by atoms with E-state index in [1.54, 1.807) is 0 Å². The lowest BCUT2D eigenvalue weighted by atomic mass is 9.90. The number of hydrogen-bond acceptors (Lipinski definition) is 5. The fraction of sp³-hybridized carbons (Fsp3) is 0.500. The van der Waals surface area contributed by atoms with Gasteiger partial charge in [-0.1, -0.05) is 23.7 Å². The highest BCUT2D eigenvalue weighted by Gasteiger charge is 2.42. The molecule has 1 heterocycles. The fourth-order valence-electron chi connectivity index (χ4n) is 3.54. The van der Waals surface area contributed by atoms with Crippen molar-refractivity contribution >= 4 is 11.6 Å². The maximum absolute atomic E-state index is 10.7. The quantitative estimate of drug-likeness (QED) is 0.718. The van der Waals surface area contributed by atoms with E-state index in [9.17, 15) is 15.3 Å². The summed E-state index contributed by atoms with van der Waals surface area (Å²) in [6.45, 7) is 0. The van der Waals surface area contributed by atoms with Crippen molar-refractivity contribution < 1.29 is 15.3 Å². The van der Waals surface area contributed by atoms with Gasteiger partial charge in [0.2, 0.25) is 0 Å². The standard InChI is InChI=1S/C16H20ClN3O3/c17-12-4-1-10(2-5-12)7-11-3-6-13(15(11)21)14(16(22)23)20-9-18-8-19-20/h1-2,4-5,8-9,11,13-16,21-23H,3,6-7H2. The van der Waals surface area contributed by atoms with Crippen LogP contribution in [0, 0.1) is 11.8 Å². The van der Waals surface area contributed by atoms with Crippen LogP contribution in [0.15, 0.2) is 36.9 Å². The van der Waals surface area contributed by atoms with Gasteiger partial charge in [-0.25, -0.2) is 9.67 Å². The molecule has 0 radical (unpaired) electrons. The summed E-state index contributed by atoms with van der Waals surface area (Å²) < 4.78 is 1.42. The van der Waals surface area contributed by atoms with Crippen LogP contribution in [-0.4, -0.2) is 42.5 Å². The van der Waals surface area contributed by atoms with Gasteiger partial charge in [0, 0.05) is 10.9 Å². The summed E-state index contributed by atoms with van der Waals surface area (Å²) in [6, 6.07) is 6.90. The van der Waals surface area contributed by atoms with Gasteiger partial charge in [-0.3, -0.25) is 0 Å². The van der Waals surface area contributed by atoms with E-state index in [1.807, 2.05) is 24.3 Å². The highest BCUT2D eigenvalue weighted by atomic mass is 35.5. The van der Waals surface area contributed by atoms with E-state index >= 15 is 0 Å². The zero-order chi connectivity index (χ0) is 16.4. The van der Waals surface area contributed by atoms with Crippen LogP contribution < -0.4 is 0 Å². The Kier molecular flexibility index (Phi) is 4.96. The van der Waals surface area contributed by atoms with Crippen molar-refractivity contribution in [2.45, 2.75) is 37.7 Å². The molecule has 2 aromatic rings. The monoisotopic (exact) mass is 337 g/mol. The molecule has 0 spiro atoms. The molecule has 124 valence electrons. The number of aliphatic hydroxyl groups excluding tert-OH is 2. The summed E-state index contributed by atoms with van der Waals surface area (Å²) in [4.78, 5) is 3.85. The third-order valence-electron chi connectivity index (χ3n) is 4.69. The Morgan fingerprint density at radius 1 is 1.22 bits per heavy atom. The Morgan fingerprint density at radius 3 is 2.57 bits per heavy atom. The van der Waals surface area contributed by atoms with Crippen LogP contribution in [0.25, 0.3) is 0 Å². The third kappa shape index (κ3) is 3.55. The van der Waals surface area contributed by atoms with Gasteiger partial charge >= 0.3 is 0 Å². The van der Waals surface area contributed by atoms with Crippen LogP contribution in [0.2, 0.25) is 5.02 Å². The van der Waals surface area contributed by atoms with E-state index in [1.165, 1.54) is 17.3 Å². The molecule has 6 nitrogen and oxygen atoms in total. The summed E-state index contributed by atoms with van der Waals surface area (Å²) in [5, 5.41) is 34.8. The summed E-state index contributed by atoms with van der Waals surface area (Å²) in [5.41, 5.74) is 1.11. The second kappa shape index (κ2) is 6.97. The smallest absolute Gasteiger partial charge is 0.174 e. The first-order valence-corrected chi connectivity index (χ1v) is 8.07. The van der Waals surface area contributed by atoms with Crippen molar-refractivity contribution in [3.63, 3.8) is 0 Å². The molecule has 3 rings (SSSR count). The molecular formula is C16H20ClN3O3. The normalized spacial score (nSPS) is 25.9. The predicted octanol–water partition coefficient (Wildman–Crippen LogP) is 1.41. The van der Waals surface area contributed by atoms with Gasteiger partial charge in [0.15, 0.2) is 6.29 Å². The highest BCUT2D eigenvalue weighted by Crippen LogP contribution is 2.40. The minimum absolute atomic E-state index is 0.0750. The van der Waals surface area contributed by atoms with Crippen LogP contribution >= 0.6 is 11.6 Å². The number of nitrogens with zero attached hydrogens (tertiary/aromatic N) is 3. The molecule has 7 heteroatoms.